The van der Waals surface area contributed by atoms with E-state index in [2.05, 4.69) is 26.4 Å². The molecule has 0 radical (unpaired) electrons. The zero-order valence-corrected chi connectivity index (χ0v) is 13.3. The Kier molecular flexibility index (Phi) is 6.08. The first-order valence-electron chi connectivity index (χ1n) is 7.53. The highest BCUT2D eigenvalue weighted by atomic mass is 16.5. The summed E-state index contributed by atoms with van der Waals surface area (Å²) in [5.41, 5.74) is 0.533. The van der Waals surface area contributed by atoms with Crippen LogP contribution in [0.2, 0.25) is 0 Å². The molecule has 2 N–H and O–H groups in total. The summed E-state index contributed by atoms with van der Waals surface area (Å²) in [4.78, 5) is 26.3. The SMILES string of the molecule is C#CCNC(=O)CCc1nnc(-c2cccc(OCC)c2)[nH]c1=O. The van der Waals surface area contributed by atoms with Crippen LogP contribution in [0.15, 0.2) is 29.1 Å². The number of terminal acetylenes is 1. The molecular weight excluding hydrogens is 308 g/mol. The number of H-pyrrole nitrogens is 1. The molecule has 7 heteroatoms. The van der Waals surface area contributed by atoms with Gasteiger partial charge in [-0.15, -0.1) is 16.6 Å². The van der Waals surface area contributed by atoms with Crippen LogP contribution in [0.4, 0.5) is 0 Å². The summed E-state index contributed by atoms with van der Waals surface area (Å²) >= 11 is 0. The number of benzene rings is 1. The van der Waals surface area contributed by atoms with Gasteiger partial charge in [0.05, 0.1) is 13.2 Å². The minimum Gasteiger partial charge on any atom is -0.494 e. The Morgan fingerprint density at radius 2 is 2.25 bits per heavy atom. The van der Waals surface area contributed by atoms with Crippen LogP contribution >= 0.6 is 0 Å². The molecule has 24 heavy (non-hydrogen) atoms. The van der Waals surface area contributed by atoms with E-state index in [0.29, 0.717) is 23.7 Å². The van der Waals surface area contributed by atoms with E-state index < -0.39 is 0 Å². The first-order chi connectivity index (χ1) is 11.6. The van der Waals surface area contributed by atoms with Gasteiger partial charge in [-0.25, -0.2) is 0 Å². The number of ether oxygens (including phenoxy) is 1. The number of nitrogens with zero attached hydrogens (tertiary/aromatic N) is 2. The molecule has 0 saturated heterocycles. The van der Waals surface area contributed by atoms with Gasteiger partial charge in [0.1, 0.15) is 11.4 Å². The van der Waals surface area contributed by atoms with Crippen LogP contribution in [0.3, 0.4) is 0 Å². The number of aromatic nitrogens is 3. The van der Waals surface area contributed by atoms with E-state index in [-0.39, 0.29) is 36.5 Å². The van der Waals surface area contributed by atoms with E-state index >= 15 is 0 Å². The number of carbonyl (C=O) groups excluding carboxylic acids is 1. The highest BCUT2D eigenvalue weighted by Crippen LogP contribution is 2.19. The third-order valence-electron chi connectivity index (χ3n) is 3.16. The highest BCUT2D eigenvalue weighted by molar-refractivity contribution is 5.76. The molecule has 0 aliphatic rings. The summed E-state index contributed by atoms with van der Waals surface area (Å²) in [6, 6.07) is 7.21. The lowest BCUT2D eigenvalue weighted by Crippen LogP contribution is -2.25. The minimum atomic E-state index is -0.369. The van der Waals surface area contributed by atoms with Crippen LogP contribution in [0.1, 0.15) is 19.0 Å². The Balaban J connectivity index is 2.09. The molecule has 0 spiro atoms. The fourth-order valence-corrected chi connectivity index (χ4v) is 2.02. The molecule has 0 saturated carbocycles. The van der Waals surface area contributed by atoms with Gasteiger partial charge in [-0.3, -0.25) is 9.59 Å². The predicted molar refractivity (Wildman–Crippen MR) is 89.4 cm³/mol. The second-order valence-electron chi connectivity index (χ2n) is 4.89. The average Bonchev–Trinajstić information content (AvgIpc) is 2.59. The van der Waals surface area contributed by atoms with Crippen molar-refractivity contribution < 1.29 is 9.53 Å². The molecule has 1 aromatic carbocycles. The van der Waals surface area contributed by atoms with Gasteiger partial charge in [0.15, 0.2) is 5.82 Å². The molecule has 0 fully saturated rings. The van der Waals surface area contributed by atoms with Crippen LogP contribution in [-0.4, -0.2) is 34.2 Å². The van der Waals surface area contributed by atoms with E-state index in [1.165, 1.54) is 0 Å². The molecule has 0 unspecified atom stereocenters. The van der Waals surface area contributed by atoms with Crippen LogP contribution in [0, 0.1) is 12.3 Å². The summed E-state index contributed by atoms with van der Waals surface area (Å²) in [5, 5.41) is 10.5. The number of hydrogen-bond donors (Lipinski definition) is 2. The zero-order valence-electron chi connectivity index (χ0n) is 13.3. The van der Waals surface area contributed by atoms with Crippen molar-refractivity contribution in [3.63, 3.8) is 0 Å². The largest absolute Gasteiger partial charge is 0.494 e. The van der Waals surface area contributed by atoms with E-state index in [9.17, 15) is 9.59 Å². The third kappa shape index (κ3) is 4.68. The second-order valence-corrected chi connectivity index (χ2v) is 4.89. The van der Waals surface area contributed by atoms with Gasteiger partial charge in [0.25, 0.3) is 5.56 Å². The summed E-state index contributed by atoms with van der Waals surface area (Å²) < 4.78 is 5.42. The molecule has 2 rings (SSSR count). The quantitative estimate of drug-likeness (QED) is 0.737. The van der Waals surface area contributed by atoms with Crippen LogP contribution < -0.4 is 15.6 Å². The third-order valence-corrected chi connectivity index (χ3v) is 3.16. The Bertz CT molecular complexity index is 808. The summed E-state index contributed by atoms with van der Waals surface area (Å²) in [6.45, 7) is 2.60. The summed E-state index contributed by atoms with van der Waals surface area (Å²) in [6.07, 6.45) is 5.37. The first-order valence-corrected chi connectivity index (χ1v) is 7.53. The van der Waals surface area contributed by atoms with E-state index in [0.717, 1.165) is 0 Å². The lowest BCUT2D eigenvalue weighted by atomic mass is 10.2. The summed E-state index contributed by atoms with van der Waals surface area (Å²) in [5.74, 6) is 3.11. The molecule has 124 valence electrons. The molecular formula is C17H18N4O3. The summed E-state index contributed by atoms with van der Waals surface area (Å²) in [7, 11) is 0. The minimum absolute atomic E-state index is 0.124. The van der Waals surface area contributed by atoms with E-state index in [1.54, 1.807) is 12.1 Å². The number of nitrogens with one attached hydrogen (secondary N) is 2. The van der Waals surface area contributed by atoms with Gasteiger partial charge < -0.3 is 15.0 Å². The van der Waals surface area contributed by atoms with Crippen molar-refractivity contribution in [1.29, 1.82) is 0 Å². The Morgan fingerprint density at radius 3 is 2.96 bits per heavy atom. The lowest BCUT2D eigenvalue weighted by molar-refractivity contribution is -0.120. The standard InChI is InChI=1S/C17H18N4O3/c1-3-10-18-15(22)9-8-14-17(23)19-16(21-20-14)12-6-5-7-13(11-12)24-4-2/h1,5-7,11H,4,8-10H2,2H3,(H,18,22)(H,19,21,23). The highest BCUT2D eigenvalue weighted by Gasteiger charge is 2.09. The number of hydrogen-bond acceptors (Lipinski definition) is 5. The maximum absolute atomic E-state index is 12.1. The zero-order chi connectivity index (χ0) is 17.4. The molecule has 1 aromatic heterocycles. The van der Waals surface area contributed by atoms with Crippen LogP contribution in [0.25, 0.3) is 11.4 Å². The topological polar surface area (TPSA) is 97.0 Å². The van der Waals surface area contributed by atoms with Crippen molar-refractivity contribution >= 4 is 5.91 Å². The molecule has 1 amide bonds. The van der Waals surface area contributed by atoms with E-state index in [4.69, 9.17) is 11.2 Å². The van der Waals surface area contributed by atoms with Gasteiger partial charge in [0.2, 0.25) is 5.91 Å². The average molecular weight is 326 g/mol. The van der Waals surface area contributed by atoms with Gasteiger partial charge in [-0.1, -0.05) is 18.1 Å². The Morgan fingerprint density at radius 1 is 1.42 bits per heavy atom. The van der Waals surface area contributed by atoms with E-state index in [1.807, 2.05) is 19.1 Å². The van der Waals surface area contributed by atoms with Crippen LogP contribution in [-0.2, 0) is 11.2 Å². The monoisotopic (exact) mass is 326 g/mol. The smallest absolute Gasteiger partial charge is 0.273 e. The van der Waals surface area contributed by atoms with Crippen molar-refractivity contribution in [3.8, 4) is 29.5 Å². The molecule has 0 atom stereocenters. The van der Waals surface area contributed by atoms with Crippen molar-refractivity contribution in [2.45, 2.75) is 19.8 Å². The fourth-order valence-electron chi connectivity index (χ4n) is 2.02. The number of carbonyl (C=O) groups is 1. The molecule has 7 nitrogen and oxygen atoms in total. The van der Waals surface area contributed by atoms with Gasteiger partial charge in [0, 0.05) is 18.4 Å². The Labute approximate surface area is 139 Å². The first kappa shape index (κ1) is 17.2. The molecule has 0 aliphatic carbocycles. The number of aromatic amines is 1. The predicted octanol–water partition coefficient (Wildman–Crippen LogP) is 0.913. The number of aryl methyl sites for hydroxylation is 1. The maximum atomic E-state index is 12.1. The Hall–Kier alpha value is -3.14. The van der Waals surface area contributed by atoms with Gasteiger partial charge >= 0.3 is 0 Å². The molecule has 0 bridgehead atoms. The normalized spacial score (nSPS) is 10.0. The number of rotatable bonds is 7. The van der Waals surface area contributed by atoms with Crippen LogP contribution in [0.5, 0.6) is 5.75 Å². The molecule has 1 heterocycles. The fraction of sp³-hybridized carbons (Fsp3) is 0.294. The van der Waals surface area contributed by atoms with Gasteiger partial charge in [-0.05, 0) is 19.1 Å². The maximum Gasteiger partial charge on any atom is 0.273 e. The van der Waals surface area contributed by atoms with Crippen molar-refractivity contribution in [1.82, 2.24) is 20.5 Å². The van der Waals surface area contributed by atoms with Crippen molar-refractivity contribution in [2.75, 3.05) is 13.2 Å². The van der Waals surface area contributed by atoms with Gasteiger partial charge in [-0.2, -0.15) is 0 Å². The second kappa shape index (κ2) is 8.48. The van der Waals surface area contributed by atoms with Crippen molar-refractivity contribution in [2.24, 2.45) is 0 Å². The molecule has 2 aromatic rings. The number of amides is 1. The lowest BCUT2D eigenvalue weighted by Gasteiger charge is -2.06. The molecule has 0 aliphatic heterocycles. The van der Waals surface area contributed by atoms with Crippen molar-refractivity contribution in [3.05, 3.63) is 40.3 Å².